The number of carbonyl (C=O) groups excluding carboxylic acids is 1. The summed E-state index contributed by atoms with van der Waals surface area (Å²) in [5, 5.41) is 11.6. The number of aromatic nitrogens is 2. The highest BCUT2D eigenvalue weighted by Gasteiger charge is 2.14. The zero-order valence-corrected chi connectivity index (χ0v) is 9.27. The Bertz CT molecular complexity index is 568. The largest absolute Gasteiger partial charge is 0.454 e. The van der Waals surface area contributed by atoms with Crippen molar-refractivity contribution in [3.05, 3.63) is 30.5 Å². The van der Waals surface area contributed by atoms with E-state index in [2.05, 4.69) is 20.8 Å². The lowest BCUT2D eigenvalue weighted by Gasteiger charge is -2.06. The Balaban J connectivity index is 1.67. The number of rotatable bonds is 2. The lowest BCUT2D eigenvalue weighted by atomic mass is 10.3. The second-order valence-electron chi connectivity index (χ2n) is 3.62. The first-order chi connectivity index (χ1) is 8.81. The van der Waals surface area contributed by atoms with Gasteiger partial charge >= 0.3 is 6.03 Å². The van der Waals surface area contributed by atoms with Crippen molar-refractivity contribution in [2.75, 3.05) is 17.4 Å². The first kappa shape index (κ1) is 10.5. The van der Waals surface area contributed by atoms with Gasteiger partial charge in [-0.2, -0.15) is 5.10 Å². The van der Waals surface area contributed by atoms with Crippen LogP contribution in [0.1, 0.15) is 0 Å². The summed E-state index contributed by atoms with van der Waals surface area (Å²) in [6, 6.07) is 6.47. The van der Waals surface area contributed by atoms with E-state index in [0.717, 1.165) is 0 Å². The molecule has 3 rings (SSSR count). The highest BCUT2D eigenvalue weighted by Crippen LogP contribution is 2.34. The number of nitrogens with one attached hydrogen (secondary N) is 3. The molecule has 2 heterocycles. The van der Waals surface area contributed by atoms with Crippen molar-refractivity contribution in [1.82, 2.24) is 10.2 Å². The molecule has 7 heteroatoms. The van der Waals surface area contributed by atoms with E-state index in [0.29, 0.717) is 23.0 Å². The standard InChI is InChI=1S/C11H10N4O3/c16-11(14-10-3-4-12-15-10)13-7-1-2-8-9(5-7)18-6-17-8/h1-5H,6H2,(H3,12,13,14,15,16). The Morgan fingerprint density at radius 1 is 1.22 bits per heavy atom. The predicted molar refractivity (Wildman–Crippen MR) is 63.8 cm³/mol. The maximum atomic E-state index is 11.6. The summed E-state index contributed by atoms with van der Waals surface area (Å²) in [6.45, 7) is 0.207. The molecule has 2 aromatic rings. The van der Waals surface area contributed by atoms with Gasteiger partial charge in [0.15, 0.2) is 11.5 Å². The molecule has 0 unspecified atom stereocenters. The lowest BCUT2D eigenvalue weighted by molar-refractivity contribution is 0.174. The molecule has 0 fully saturated rings. The van der Waals surface area contributed by atoms with Crippen LogP contribution in [0.15, 0.2) is 30.5 Å². The molecular weight excluding hydrogens is 236 g/mol. The zero-order chi connectivity index (χ0) is 12.4. The molecule has 1 aromatic heterocycles. The van der Waals surface area contributed by atoms with E-state index >= 15 is 0 Å². The maximum absolute atomic E-state index is 11.6. The number of fused-ring (bicyclic) bond motifs is 1. The quantitative estimate of drug-likeness (QED) is 0.753. The van der Waals surface area contributed by atoms with Crippen molar-refractivity contribution in [3.8, 4) is 11.5 Å². The molecule has 0 saturated carbocycles. The van der Waals surface area contributed by atoms with E-state index in [1.807, 2.05) is 0 Å². The van der Waals surface area contributed by atoms with Gasteiger partial charge in [0.2, 0.25) is 6.79 Å². The van der Waals surface area contributed by atoms with Crippen molar-refractivity contribution < 1.29 is 14.3 Å². The third kappa shape index (κ3) is 2.05. The summed E-state index contributed by atoms with van der Waals surface area (Å²) in [6.07, 6.45) is 1.55. The smallest absolute Gasteiger partial charge is 0.324 e. The van der Waals surface area contributed by atoms with Crippen LogP contribution < -0.4 is 20.1 Å². The van der Waals surface area contributed by atoms with Gasteiger partial charge in [0.1, 0.15) is 5.82 Å². The Morgan fingerprint density at radius 3 is 2.94 bits per heavy atom. The van der Waals surface area contributed by atoms with Crippen molar-refractivity contribution in [2.45, 2.75) is 0 Å². The Kier molecular flexibility index (Phi) is 2.49. The highest BCUT2D eigenvalue weighted by atomic mass is 16.7. The predicted octanol–water partition coefficient (Wildman–Crippen LogP) is 1.78. The molecule has 0 bridgehead atoms. The topological polar surface area (TPSA) is 88.3 Å². The van der Waals surface area contributed by atoms with Gasteiger partial charge in [-0.15, -0.1) is 0 Å². The van der Waals surface area contributed by atoms with E-state index in [4.69, 9.17) is 9.47 Å². The van der Waals surface area contributed by atoms with Crippen LogP contribution in [0.2, 0.25) is 0 Å². The monoisotopic (exact) mass is 246 g/mol. The molecule has 2 amide bonds. The lowest BCUT2D eigenvalue weighted by Crippen LogP contribution is -2.19. The molecule has 1 aliphatic heterocycles. The fraction of sp³-hybridized carbons (Fsp3) is 0.0909. The Labute approximate surface area is 102 Å². The van der Waals surface area contributed by atoms with Crippen molar-refractivity contribution in [2.24, 2.45) is 0 Å². The minimum atomic E-state index is -0.363. The minimum absolute atomic E-state index is 0.207. The van der Waals surface area contributed by atoms with Crippen LogP contribution >= 0.6 is 0 Å². The number of aromatic amines is 1. The summed E-state index contributed by atoms with van der Waals surface area (Å²) < 4.78 is 10.4. The molecule has 92 valence electrons. The van der Waals surface area contributed by atoms with Crippen LogP contribution in [-0.2, 0) is 0 Å². The molecule has 0 spiro atoms. The normalized spacial score (nSPS) is 12.2. The summed E-state index contributed by atoms with van der Waals surface area (Å²) in [4.78, 5) is 11.6. The van der Waals surface area contributed by atoms with E-state index in [-0.39, 0.29) is 12.8 Å². The number of carbonyl (C=O) groups is 1. The number of benzene rings is 1. The van der Waals surface area contributed by atoms with Crippen LogP contribution in [0.5, 0.6) is 11.5 Å². The van der Waals surface area contributed by atoms with E-state index in [9.17, 15) is 4.79 Å². The van der Waals surface area contributed by atoms with Gasteiger partial charge < -0.3 is 14.8 Å². The third-order valence-corrected chi connectivity index (χ3v) is 2.38. The number of nitrogens with zero attached hydrogens (tertiary/aromatic N) is 1. The minimum Gasteiger partial charge on any atom is -0.454 e. The third-order valence-electron chi connectivity index (χ3n) is 2.38. The molecule has 3 N–H and O–H groups in total. The van der Waals surface area contributed by atoms with Crippen molar-refractivity contribution in [1.29, 1.82) is 0 Å². The SMILES string of the molecule is O=C(Nc1ccc2c(c1)OCO2)Nc1ccn[nH]1. The molecule has 7 nitrogen and oxygen atoms in total. The molecule has 0 radical (unpaired) electrons. The van der Waals surface area contributed by atoms with Gasteiger partial charge in [0.05, 0.1) is 6.20 Å². The van der Waals surface area contributed by atoms with E-state index in [1.165, 1.54) is 0 Å². The number of amides is 2. The average Bonchev–Trinajstić information content (AvgIpc) is 2.98. The molecule has 1 aromatic carbocycles. The second-order valence-corrected chi connectivity index (χ2v) is 3.62. The second kappa shape index (κ2) is 4.28. The van der Waals surface area contributed by atoms with E-state index < -0.39 is 0 Å². The molecule has 0 atom stereocenters. The van der Waals surface area contributed by atoms with Crippen molar-refractivity contribution in [3.63, 3.8) is 0 Å². The van der Waals surface area contributed by atoms with Gasteiger partial charge in [-0.25, -0.2) is 4.79 Å². The van der Waals surface area contributed by atoms with Crippen LogP contribution in [0.4, 0.5) is 16.3 Å². The average molecular weight is 246 g/mol. The summed E-state index contributed by atoms with van der Waals surface area (Å²) in [7, 11) is 0. The van der Waals surface area contributed by atoms with Crippen LogP contribution in [0.3, 0.4) is 0 Å². The Hall–Kier alpha value is -2.70. The van der Waals surface area contributed by atoms with Crippen LogP contribution in [0, 0.1) is 0 Å². The van der Waals surface area contributed by atoms with Gasteiger partial charge in [-0.3, -0.25) is 10.4 Å². The Morgan fingerprint density at radius 2 is 2.11 bits per heavy atom. The summed E-state index contributed by atoms with van der Waals surface area (Å²) in [5.74, 6) is 1.82. The zero-order valence-electron chi connectivity index (χ0n) is 9.27. The molecular formula is C11H10N4O3. The number of anilines is 2. The van der Waals surface area contributed by atoms with Gasteiger partial charge in [-0.1, -0.05) is 0 Å². The van der Waals surface area contributed by atoms with Gasteiger partial charge in [-0.05, 0) is 12.1 Å². The molecule has 18 heavy (non-hydrogen) atoms. The maximum Gasteiger partial charge on any atom is 0.324 e. The van der Waals surface area contributed by atoms with Crippen LogP contribution in [0.25, 0.3) is 0 Å². The summed E-state index contributed by atoms with van der Waals surface area (Å²) >= 11 is 0. The van der Waals surface area contributed by atoms with Gasteiger partial charge in [0, 0.05) is 17.8 Å². The number of H-pyrrole nitrogens is 1. The molecule has 0 aliphatic carbocycles. The van der Waals surface area contributed by atoms with E-state index in [1.54, 1.807) is 30.5 Å². The number of ether oxygens (including phenoxy) is 2. The fourth-order valence-corrected chi connectivity index (χ4v) is 1.58. The van der Waals surface area contributed by atoms with Gasteiger partial charge in [0.25, 0.3) is 0 Å². The fourth-order valence-electron chi connectivity index (χ4n) is 1.58. The first-order valence-electron chi connectivity index (χ1n) is 5.28. The number of hydrogen-bond donors (Lipinski definition) is 3. The van der Waals surface area contributed by atoms with Crippen molar-refractivity contribution >= 4 is 17.5 Å². The first-order valence-corrected chi connectivity index (χ1v) is 5.28. The molecule has 1 aliphatic rings. The number of urea groups is 1. The number of hydrogen-bond acceptors (Lipinski definition) is 4. The molecule has 0 saturated heterocycles. The highest BCUT2D eigenvalue weighted by molar-refractivity contribution is 5.99. The summed E-state index contributed by atoms with van der Waals surface area (Å²) in [5.41, 5.74) is 0.622. The van der Waals surface area contributed by atoms with Crippen LogP contribution in [-0.4, -0.2) is 23.0 Å².